The number of amides is 1. The molecule has 2 rings (SSSR count). The number of anilines is 1. The molecule has 1 amide bonds. The number of carbonyl (C=O) groups is 2. The van der Waals surface area contributed by atoms with Gasteiger partial charge in [0.05, 0.1) is 23.9 Å². The Kier molecular flexibility index (Phi) is 5.59. The fraction of sp³-hybridized carbons (Fsp3) is 0.467. The molecule has 1 aliphatic rings. The second kappa shape index (κ2) is 7.43. The first-order valence-corrected chi connectivity index (χ1v) is 7.42. The van der Waals surface area contributed by atoms with Crippen molar-refractivity contribution >= 4 is 29.5 Å². The van der Waals surface area contributed by atoms with Gasteiger partial charge in [0.1, 0.15) is 6.04 Å². The van der Waals surface area contributed by atoms with Crippen molar-refractivity contribution in [3.05, 3.63) is 28.8 Å². The summed E-state index contributed by atoms with van der Waals surface area (Å²) in [6, 6.07) is 4.68. The fourth-order valence-corrected chi connectivity index (χ4v) is 2.68. The monoisotopic (exact) mass is 310 g/mol. The Hall–Kier alpha value is -1.59. The number of hydrogen-bond donors (Lipinski definition) is 1. The number of aldehydes is 1. The van der Waals surface area contributed by atoms with E-state index < -0.39 is 6.04 Å². The van der Waals surface area contributed by atoms with Crippen LogP contribution in [0.2, 0.25) is 5.02 Å². The molecule has 1 heterocycles. The van der Waals surface area contributed by atoms with Crippen LogP contribution in [-0.4, -0.2) is 44.5 Å². The summed E-state index contributed by atoms with van der Waals surface area (Å²) in [4.78, 5) is 25.4. The maximum atomic E-state index is 12.3. The molecule has 1 fully saturated rings. The van der Waals surface area contributed by atoms with Crippen molar-refractivity contribution in [2.45, 2.75) is 19.4 Å². The third-order valence-electron chi connectivity index (χ3n) is 3.41. The van der Waals surface area contributed by atoms with Crippen LogP contribution in [0.25, 0.3) is 0 Å². The maximum Gasteiger partial charge on any atom is 0.245 e. The van der Waals surface area contributed by atoms with Gasteiger partial charge in [-0.25, -0.2) is 0 Å². The summed E-state index contributed by atoms with van der Waals surface area (Å²) in [6.45, 7) is 3.93. The number of para-hydroxylation sites is 1. The lowest BCUT2D eigenvalue weighted by Crippen LogP contribution is -2.54. The Balaban J connectivity index is 2.30. The van der Waals surface area contributed by atoms with Crippen molar-refractivity contribution in [3.63, 3.8) is 0 Å². The van der Waals surface area contributed by atoms with Crippen molar-refractivity contribution in [1.82, 2.24) is 5.32 Å². The normalized spacial score (nSPS) is 18.4. The molecule has 1 atom stereocenters. The van der Waals surface area contributed by atoms with E-state index in [1.54, 1.807) is 18.2 Å². The molecule has 1 aliphatic heterocycles. The molecule has 0 saturated carbocycles. The molecule has 1 N–H and O–H groups in total. The van der Waals surface area contributed by atoms with Gasteiger partial charge >= 0.3 is 0 Å². The summed E-state index contributed by atoms with van der Waals surface area (Å²) in [6.07, 6.45) is 1.63. The molecule has 21 heavy (non-hydrogen) atoms. The molecular formula is C15H19ClN2O3. The van der Waals surface area contributed by atoms with Crippen LogP contribution in [-0.2, 0) is 9.53 Å². The molecule has 0 spiro atoms. The first-order chi connectivity index (χ1) is 10.2. The standard InChI is InChI=1S/C15H19ClN2O3/c1-2-6-17-15(20)13-10-21-8-7-18(13)14-11(9-19)4-3-5-12(14)16/h3-5,9,13H,2,6-8,10H2,1H3,(H,17,20). The zero-order valence-electron chi connectivity index (χ0n) is 12.0. The van der Waals surface area contributed by atoms with E-state index in [0.717, 1.165) is 12.7 Å². The minimum atomic E-state index is -0.469. The smallest absolute Gasteiger partial charge is 0.245 e. The van der Waals surface area contributed by atoms with Crippen LogP contribution in [0.3, 0.4) is 0 Å². The van der Waals surface area contributed by atoms with Crippen LogP contribution in [0.15, 0.2) is 18.2 Å². The number of benzene rings is 1. The zero-order chi connectivity index (χ0) is 15.2. The van der Waals surface area contributed by atoms with Gasteiger partial charge in [0.25, 0.3) is 0 Å². The highest BCUT2D eigenvalue weighted by Gasteiger charge is 2.31. The predicted molar refractivity (Wildman–Crippen MR) is 82.1 cm³/mol. The SMILES string of the molecule is CCCNC(=O)C1COCCN1c1c(Cl)cccc1C=O. The van der Waals surface area contributed by atoms with E-state index in [-0.39, 0.29) is 5.91 Å². The Bertz CT molecular complexity index is 522. The number of halogens is 1. The lowest BCUT2D eigenvalue weighted by molar-refractivity contribution is -0.124. The summed E-state index contributed by atoms with van der Waals surface area (Å²) < 4.78 is 5.41. The summed E-state index contributed by atoms with van der Waals surface area (Å²) in [7, 11) is 0. The van der Waals surface area contributed by atoms with Gasteiger partial charge in [-0.05, 0) is 18.6 Å². The number of rotatable bonds is 5. The van der Waals surface area contributed by atoms with Gasteiger partial charge in [0, 0.05) is 18.7 Å². The molecule has 0 radical (unpaired) electrons. The van der Waals surface area contributed by atoms with Crippen molar-refractivity contribution in [1.29, 1.82) is 0 Å². The lowest BCUT2D eigenvalue weighted by Gasteiger charge is -2.37. The average molecular weight is 311 g/mol. The largest absolute Gasteiger partial charge is 0.377 e. The first-order valence-electron chi connectivity index (χ1n) is 7.04. The highest BCUT2D eigenvalue weighted by atomic mass is 35.5. The van der Waals surface area contributed by atoms with Crippen LogP contribution in [0.1, 0.15) is 23.7 Å². The van der Waals surface area contributed by atoms with Gasteiger partial charge in [-0.3, -0.25) is 9.59 Å². The second-order valence-electron chi connectivity index (χ2n) is 4.87. The molecule has 0 bridgehead atoms. The van der Waals surface area contributed by atoms with Gasteiger partial charge in [0.15, 0.2) is 6.29 Å². The summed E-state index contributed by atoms with van der Waals surface area (Å²) in [5.74, 6) is -0.103. The van der Waals surface area contributed by atoms with Crippen LogP contribution in [0.4, 0.5) is 5.69 Å². The van der Waals surface area contributed by atoms with E-state index in [1.165, 1.54) is 0 Å². The third-order valence-corrected chi connectivity index (χ3v) is 3.72. The summed E-state index contributed by atoms with van der Waals surface area (Å²) in [5.41, 5.74) is 1.09. The minimum absolute atomic E-state index is 0.103. The third kappa shape index (κ3) is 3.54. The molecular weight excluding hydrogens is 292 g/mol. The second-order valence-corrected chi connectivity index (χ2v) is 5.28. The number of hydrogen-bond acceptors (Lipinski definition) is 4. The van der Waals surface area contributed by atoms with Gasteiger partial charge < -0.3 is 15.0 Å². The molecule has 1 aromatic rings. The lowest BCUT2D eigenvalue weighted by atomic mass is 10.1. The zero-order valence-corrected chi connectivity index (χ0v) is 12.7. The van der Waals surface area contributed by atoms with E-state index >= 15 is 0 Å². The Morgan fingerprint density at radius 1 is 1.57 bits per heavy atom. The van der Waals surface area contributed by atoms with Gasteiger partial charge in [-0.2, -0.15) is 0 Å². The topological polar surface area (TPSA) is 58.6 Å². The Morgan fingerprint density at radius 3 is 3.10 bits per heavy atom. The average Bonchev–Trinajstić information content (AvgIpc) is 2.52. The Morgan fingerprint density at radius 2 is 2.38 bits per heavy atom. The number of morpholine rings is 1. The predicted octanol–water partition coefficient (Wildman–Crippen LogP) is 1.88. The van der Waals surface area contributed by atoms with Crippen LogP contribution in [0.5, 0.6) is 0 Å². The maximum absolute atomic E-state index is 12.3. The van der Waals surface area contributed by atoms with Crippen LogP contribution < -0.4 is 10.2 Å². The molecule has 0 aliphatic carbocycles. The molecule has 1 saturated heterocycles. The fourth-order valence-electron chi connectivity index (χ4n) is 2.38. The number of nitrogens with one attached hydrogen (secondary N) is 1. The summed E-state index contributed by atoms with van der Waals surface area (Å²) >= 11 is 6.24. The molecule has 1 aromatic carbocycles. The van der Waals surface area contributed by atoms with E-state index in [2.05, 4.69) is 5.32 Å². The molecule has 5 nitrogen and oxygen atoms in total. The highest BCUT2D eigenvalue weighted by Crippen LogP contribution is 2.31. The van der Waals surface area contributed by atoms with Gasteiger partial charge in [0.2, 0.25) is 5.91 Å². The van der Waals surface area contributed by atoms with E-state index in [1.807, 2.05) is 11.8 Å². The first kappa shape index (κ1) is 15.8. The van der Waals surface area contributed by atoms with Gasteiger partial charge in [-0.15, -0.1) is 0 Å². The van der Waals surface area contributed by atoms with Gasteiger partial charge in [-0.1, -0.05) is 24.6 Å². The Labute approximate surface area is 129 Å². The highest BCUT2D eigenvalue weighted by molar-refractivity contribution is 6.34. The van der Waals surface area contributed by atoms with Crippen molar-refractivity contribution in [2.24, 2.45) is 0 Å². The number of ether oxygens (including phenoxy) is 1. The quantitative estimate of drug-likeness (QED) is 0.844. The van der Waals surface area contributed by atoms with Crippen LogP contribution in [0, 0.1) is 0 Å². The van der Waals surface area contributed by atoms with Crippen molar-refractivity contribution in [2.75, 3.05) is 31.2 Å². The molecule has 114 valence electrons. The van der Waals surface area contributed by atoms with E-state index in [0.29, 0.717) is 42.6 Å². The molecule has 1 unspecified atom stereocenters. The molecule has 6 heteroatoms. The summed E-state index contributed by atoms with van der Waals surface area (Å²) in [5, 5.41) is 3.33. The minimum Gasteiger partial charge on any atom is -0.377 e. The van der Waals surface area contributed by atoms with E-state index in [4.69, 9.17) is 16.3 Å². The molecule has 0 aromatic heterocycles. The van der Waals surface area contributed by atoms with Crippen molar-refractivity contribution in [3.8, 4) is 0 Å². The van der Waals surface area contributed by atoms with E-state index in [9.17, 15) is 9.59 Å². The van der Waals surface area contributed by atoms with Crippen LogP contribution >= 0.6 is 11.6 Å². The van der Waals surface area contributed by atoms with Crippen molar-refractivity contribution < 1.29 is 14.3 Å². The number of carbonyl (C=O) groups excluding carboxylic acids is 2. The number of nitrogens with zero attached hydrogens (tertiary/aromatic N) is 1.